The summed E-state index contributed by atoms with van der Waals surface area (Å²) in [6.07, 6.45) is 0. The Hall–Kier alpha value is -6.97. The van der Waals surface area contributed by atoms with Gasteiger partial charge in [0, 0.05) is 16.7 Å². The maximum absolute atomic E-state index is 4.97. The predicted octanol–water partition coefficient (Wildman–Crippen LogP) is 12.8. The molecule has 52 heavy (non-hydrogen) atoms. The third-order valence-electron chi connectivity index (χ3n) is 10.1. The molecule has 0 N–H and O–H groups in total. The quantitative estimate of drug-likeness (QED) is 0.172. The Kier molecular flexibility index (Phi) is 7.14. The van der Waals surface area contributed by atoms with Gasteiger partial charge in [-0.1, -0.05) is 170 Å². The van der Waals surface area contributed by atoms with Crippen LogP contribution in [0.25, 0.3) is 99.5 Å². The van der Waals surface area contributed by atoms with Crippen molar-refractivity contribution in [2.24, 2.45) is 0 Å². The summed E-state index contributed by atoms with van der Waals surface area (Å²) in [5, 5.41) is 10.2. The standard InChI is InChI=1S/C49H31N3/c1-3-14-33(15-4-1)47-50-48(34-16-5-2-6-17-34)52-49(51-47)39-21-12-20-37(30-39)35-18-11-19-36(29-35)38-26-27-43-41-23-9-10-24-42(41)44-28-25-32-13-7-8-22-40(32)46(44)45(43)31-38/h1-31H. The Balaban J connectivity index is 1.10. The third kappa shape index (κ3) is 5.19. The molecule has 1 heterocycles. The first-order valence-corrected chi connectivity index (χ1v) is 17.6. The van der Waals surface area contributed by atoms with Gasteiger partial charge >= 0.3 is 0 Å². The summed E-state index contributed by atoms with van der Waals surface area (Å²) in [4.78, 5) is 14.8. The summed E-state index contributed by atoms with van der Waals surface area (Å²) >= 11 is 0. The van der Waals surface area contributed by atoms with Crippen molar-refractivity contribution in [2.75, 3.05) is 0 Å². The molecular weight excluding hydrogens is 631 g/mol. The zero-order chi connectivity index (χ0) is 34.4. The first kappa shape index (κ1) is 29.9. The molecule has 1 aromatic heterocycles. The molecule has 0 saturated carbocycles. The Morgan fingerprint density at radius 2 is 0.654 bits per heavy atom. The summed E-state index contributed by atoms with van der Waals surface area (Å²) in [5.74, 6) is 1.95. The summed E-state index contributed by atoms with van der Waals surface area (Å²) < 4.78 is 0. The highest BCUT2D eigenvalue weighted by Gasteiger charge is 2.15. The van der Waals surface area contributed by atoms with E-state index in [2.05, 4.69) is 127 Å². The molecule has 10 aromatic rings. The lowest BCUT2D eigenvalue weighted by molar-refractivity contribution is 1.07. The lowest BCUT2D eigenvalue weighted by Gasteiger charge is -2.14. The SMILES string of the molecule is c1ccc(-c2nc(-c3ccccc3)nc(-c3cccc(-c4cccc(-c5ccc6c7ccccc7c7ccc8ccccc8c7c6c5)c4)c3)n2)cc1. The van der Waals surface area contributed by atoms with Crippen molar-refractivity contribution in [1.82, 2.24) is 15.0 Å². The molecule has 9 aromatic carbocycles. The molecule has 3 heteroatoms. The van der Waals surface area contributed by atoms with E-state index in [0.29, 0.717) is 17.5 Å². The molecule has 0 aliphatic heterocycles. The molecule has 0 unspecified atom stereocenters. The van der Waals surface area contributed by atoms with Crippen molar-refractivity contribution in [1.29, 1.82) is 0 Å². The average Bonchev–Trinajstić information content (AvgIpc) is 3.24. The summed E-state index contributed by atoms with van der Waals surface area (Å²) in [7, 11) is 0. The number of rotatable bonds is 5. The van der Waals surface area contributed by atoms with Crippen molar-refractivity contribution in [3.63, 3.8) is 0 Å². The highest BCUT2D eigenvalue weighted by molar-refractivity contribution is 6.31. The largest absolute Gasteiger partial charge is 0.208 e. The van der Waals surface area contributed by atoms with Crippen LogP contribution in [0.2, 0.25) is 0 Å². The second kappa shape index (κ2) is 12.4. The Morgan fingerprint density at radius 3 is 1.29 bits per heavy atom. The molecule has 242 valence electrons. The summed E-state index contributed by atoms with van der Waals surface area (Å²) in [5.41, 5.74) is 7.44. The zero-order valence-corrected chi connectivity index (χ0v) is 28.2. The molecule has 0 aliphatic rings. The average molecular weight is 662 g/mol. The van der Waals surface area contributed by atoms with Gasteiger partial charge in [0.15, 0.2) is 17.5 Å². The van der Waals surface area contributed by atoms with Crippen LogP contribution in [0.1, 0.15) is 0 Å². The Morgan fingerprint density at radius 1 is 0.231 bits per heavy atom. The van der Waals surface area contributed by atoms with Gasteiger partial charge in [0.25, 0.3) is 0 Å². The molecule has 10 rings (SSSR count). The van der Waals surface area contributed by atoms with Gasteiger partial charge in [-0.2, -0.15) is 0 Å². The van der Waals surface area contributed by atoms with Crippen molar-refractivity contribution >= 4 is 43.1 Å². The van der Waals surface area contributed by atoms with Crippen LogP contribution in [0.4, 0.5) is 0 Å². The first-order valence-electron chi connectivity index (χ1n) is 17.6. The van der Waals surface area contributed by atoms with Gasteiger partial charge in [0.2, 0.25) is 0 Å². The van der Waals surface area contributed by atoms with Gasteiger partial charge in [-0.3, -0.25) is 0 Å². The van der Waals surface area contributed by atoms with Crippen molar-refractivity contribution in [3.05, 3.63) is 188 Å². The number of benzene rings is 9. The topological polar surface area (TPSA) is 38.7 Å². The highest BCUT2D eigenvalue weighted by atomic mass is 15.0. The van der Waals surface area contributed by atoms with E-state index in [4.69, 9.17) is 15.0 Å². The zero-order valence-electron chi connectivity index (χ0n) is 28.2. The molecular formula is C49H31N3. The summed E-state index contributed by atoms with van der Waals surface area (Å²) in [6.45, 7) is 0. The maximum Gasteiger partial charge on any atom is 0.164 e. The van der Waals surface area contributed by atoms with Crippen LogP contribution in [-0.2, 0) is 0 Å². The molecule has 3 nitrogen and oxygen atoms in total. The van der Waals surface area contributed by atoms with Crippen LogP contribution in [0.3, 0.4) is 0 Å². The van der Waals surface area contributed by atoms with Gasteiger partial charge in [0.05, 0.1) is 0 Å². The Bertz CT molecular complexity index is 2890. The lowest BCUT2D eigenvalue weighted by atomic mass is 9.89. The number of nitrogens with zero attached hydrogens (tertiary/aromatic N) is 3. The van der Waals surface area contributed by atoms with E-state index in [1.165, 1.54) is 54.2 Å². The molecule has 0 bridgehead atoms. The van der Waals surface area contributed by atoms with E-state index in [9.17, 15) is 0 Å². The molecule has 0 saturated heterocycles. The van der Waals surface area contributed by atoms with Gasteiger partial charge in [0.1, 0.15) is 0 Å². The molecule has 0 spiro atoms. The highest BCUT2D eigenvalue weighted by Crippen LogP contribution is 2.41. The molecule has 0 radical (unpaired) electrons. The van der Waals surface area contributed by atoms with Gasteiger partial charge in [-0.15, -0.1) is 0 Å². The second-order valence-electron chi connectivity index (χ2n) is 13.2. The van der Waals surface area contributed by atoms with E-state index in [0.717, 1.165) is 27.8 Å². The number of fused-ring (bicyclic) bond motifs is 8. The van der Waals surface area contributed by atoms with E-state index in [-0.39, 0.29) is 0 Å². The Labute approximate surface area is 301 Å². The predicted molar refractivity (Wildman–Crippen MR) is 217 cm³/mol. The molecule has 0 aliphatic carbocycles. The third-order valence-corrected chi connectivity index (χ3v) is 10.1. The van der Waals surface area contributed by atoms with Crippen LogP contribution in [-0.4, -0.2) is 15.0 Å². The summed E-state index contributed by atoms with van der Waals surface area (Å²) in [6, 6.07) is 66.5. The van der Waals surface area contributed by atoms with Crippen molar-refractivity contribution < 1.29 is 0 Å². The smallest absolute Gasteiger partial charge is 0.164 e. The molecule has 0 amide bonds. The van der Waals surface area contributed by atoms with E-state index in [1.807, 2.05) is 60.7 Å². The first-order chi connectivity index (χ1) is 25.8. The number of hydrogen-bond acceptors (Lipinski definition) is 3. The maximum atomic E-state index is 4.97. The van der Waals surface area contributed by atoms with Crippen LogP contribution < -0.4 is 0 Å². The van der Waals surface area contributed by atoms with Crippen LogP contribution in [0.15, 0.2) is 188 Å². The number of hydrogen-bond donors (Lipinski definition) is 0. The van der Waals surface area contributed by atoms with Gasteiger partial charge in [-0.05, 0) is 83.5 Å². The monoisotopic (exact) mass is 661 g/mol. The normalized spacial score (nSPS) is 11.5. The van der Waals surface area contributed by atoms with E-state index >= 15 is 0 Å². The lowest BCUT2D eigenvalue weighted by Crippen LogP contribution is -2.00. The fourth-order valence-electron chi connectivity index (χ4n) is 7.56. The van der Waals surface area contributed by atoms with Gasteiger partial charge < -0.3 is 0 Å². The minimum atomic E-state index is 0.645. The molecule has 0 fully saturated rings. The van der Waals surface area contributed by atoms with Crippen LogP contribution in [0.5, 0.6) is 0 Å². The minimum absolute atomic E-state index is 0.645. The second-order valence-corrected chi connectivity index (χ2v) is 13.2. The van der Waals surface area contributed by atoms with E-state index in [1.54, 1.807) is 0 Å². The van der Waals surface area contributed by atoms with Gasteiger partial charge in [-0.25, -0.2) is 15.0 Å². The molecule has 0 atom stereocenters. The van der Waals surface area contributed by atoms with Crippen molar-refractivity contribution in [2.45, 2.75) is 0 Å². The van der Waals surface area contributed by atoms with E-state index < -0.39 is 0 Å². The van der Waals surface area contributed by atoms with Crippen LogP contribution in [0, 0.1) is 0 Å². The fraction of sp³-hybridized carbons (Fsp3) is 0. The number of aromatic nitrogens is 3. The minimum Gasteiger partial charge on any atom is -0.208 e. The van der Waals surface area contributed by atoms with Crippen molar-refractivity contribution in [3.8, 4) is 56.4 Å². The fourth-order valence-corrected chi connectivity index (χ4v) is 7.56. The van der Waals surface area contributed by atoms with Crippen LogP contribution >= 0.6 is 0 Å².